The van der Waals surface area contributed by atoms with Gasteiger partial charge in [-0.15, -0.1) is 11.3 Å². The average Bonchev–Trinajstić information content (AvgIpc) is 2.67. The highest BCUT2D eigenvalue weighted by Crippen LogP contribution is 2.23. The molecule has 0 aliphatic heterocycles. The summed E-state index contributed by atoms with van der Waals surface area (Å²) >= 11 is 1.26. The number of aliphatic hydroxyl groups is 1. The lowest BCUT2D eigenvalue weighted by Crippen LogP contribution is -2.10. The zero-order valence-corrected chi connectivity index (χ0v) is 7.87. The van der Waals surface area contributed by atoms with Gasteiger partial charge in [-0.3, -0.25) is 4.98 Å². The number of esters is 1. The molecule has 0 saturated carbocycles. The Kier molecular flexibility index (Phi) is 3.16. The number of ether oxygens (including phenoxy) is 1. The molecule has 5 heteroatoms. The van der Waals surface area contributed by atoms with Crippen LogP contribution in [0.2, 0.25) is 0 Å². The van der Waals surface area contributed by atoms with E-state index in [1.165, 1.54) is 24.6 Å². The zero-order valence-electron chi connectivity index (χ0n) is 7.06. The summed E-state index contributed by atoms with van der Waals surface area (Å²) in [6.45, 7) is 3.44. The zero-order chi connectivity index (χ0) is 9.84. The molecule has 0 saturated heterocycles. The first-order chi connectivity index (χ1) is 6.16. The molecule has 0 aliphatic carbocycles. The first kappa shape index (κ1) is 9.88. The number of aromatic nitrogens is 1. The van der Waals surface area contributed by atoms with Crippen LogP contribution in [-0.2, 0) is 9.53 Å². The summed E-state index contributed by atoms with van der Waals surface area (Å²) in [5.41, 5.74) is 1.59. The monoisotopic (exact) mass is 199 g/mol. The Labute approximate surface area is 79.5 Å². The van der Waals surface area contributed by atoms with Gasteiger partial charge in [0.15, 0.2) is 0 Å². The van der Waals surface area contributed by atoms with Gasteiger partial charge >= 0.3 is 5.97 Å². The molecule has 0 aliphatic rings. The summed E-state index contributed by atoms with van der Waals surface area (Å²) in [5, 5.41) is 9.55. The molecule has 0 bridgehead atoms. The van der Waals surface area contributed by atoms with Crippen molar-refractivity contribution in [2.45, 2.75) is 6.10 Å². The van der Waals surface area contributed by atoms with Crippen LogP contribution in [0.4, 0.5) is 0 Å². The van der Waals surface area contributed by atoms with E-state index in [0.717, 1.165) is 0 Å². The van der Waals surface area contributed by atoms with Crippen LogP contribution in [0.1, 0.15) is 11.0 Å². The van der Waals surface area contributed by atoms with Gasteiger partial charge in [-0.2, -0.15) is 0 Å². The molecule has 1 heterocycles. The van der Waals surface area contributed by atoms with Gasteiger partial charge in [0.1, 0.15) is 6.10 Å². The van der Waals surface area contributed by atoms with Gasteiger partial charge in [0.05, 0.1) is 23.1 Å². The van der Waals surface area contributed by atoms with Gasteiger partial charge in [-0.1, -0.05) is 6.58 Å². The Bertz CT molecular complexity index is 307. The highest BCUT2D eigenvalue weighted by molar-refractivity contribution is 7.09. The largest absolute Gasteiger partial charge is 0.466 e. The number of nitrogens with zero attached hydrogens (tertiary/aromatic N) is 1. The van der Waals surface area contributed by atoms with Gasteiger partial charge in [0.2, 0.25) is 0 Å². The van der Waals surface area contributed by atoms with E-state index in [-0.39, 0.29) is 5.57 Å². The van der Waals surface area contributed by atoms with Crippen molar-refractivity contribution in [3.63, 3.8) is 0 Å². The molecule has 1 unspecified atom stereocenters. The average molecular weight is 199 g/mol. The van der Waals surface area contributed by atoms with Crippen LogP contribution in [-0.4, -0.2) is 23.2 Å². The number of rotatable bonds is 3. The maximum Gasteiger partial charge on any atom is 0.336 e. The molecule has 1 N–H and O–H groups in total. The fourth-order valence-corrected chi connectivity index (χ4v) is 1.41. The molecule has 0 aromatic carbocycles. The minimum Gasteiger partial charge on any atom is -0.466 e. The van der Waals surface area contributed by atoms with Crippen LogP contribution in [0, 0.1) is 0 Å². The van der Waals surface area contributed by atoms with Crippen LogP contribution in [0.3, 0.4) is 0 Å². The maximum absolute atomic E-state index is 11.0. The predicted molar refractivity (Wildman–Crippen MR) is 48.2 cm³/mol. The van der Waals surface area contributed by atoms with Gasteiger partial charge in [-0.05, 0) is 0 Å². The van der Waals surface area contributed by atoms with Gasteiger partial charge in [0.25, 0.3) is 0 Å². The third kappa shape index (κ3) is 2.13. The fraction of sp³-hybridized carbons (Fsp3) is 0.250. The second-order valence-corrected chi connectivity index (χ2v) is 3.24. The first-order valence-corrected chi connectivity index (χ1v) is 4.38. The fourth-order valence-electron chi connectivity index (χ4n) is 0.775. The molecule has 1 atom stereocenters. The van der Waals surface area contributed by atoms with Crippen molar-refractivity contribution >= 4 is 17.3 Å². The van der Waals surface area contributed by atoms with Crippen LogP contribution in [0.5, 0.6) is 0 Å². The second kappa shape index (κ2) is 4.15. The highest BCUT2D eigenvalue weighted by atomic mass is 32.1. The van der Waals surface area contributed by atoms with E-state index in [4.69, 9.17) is 0 Å². The van der Waals surface area contributed by atoms with Crippen molar-refractivity contribution in [2.75, 3.05) is 7.11 Å². The lowest BCUT2D eigenvalue weighted by atomic mass is 10.1. The van der Waals surface area contributed by atoms with Crippen LogP contribution >= 0.6 is 11.3 Å². The predicted octanol–water partition coefficient (Wildman–Crippen LogP) is 0.906. The van der Waals surface area contributed by atoms with Crippen molar-refractivity contribution in [1.82, 2.24) is 4.98 Å². The number of aliphatic hydroxyl groups excluding tert-OH is 1. The van der Waals surface area contributed by atoms with Crippen LogP contribution in [0.15, 0.2) is 23.9 Å². The molecule has 0 fully saturated rings. The van der Waals surface area contributed by atoms with Crippen LogP contribution in [0.25, 0.3) is 0 Å². The molecule has 1 aromatic heterocycles. The summed E-state index contributed by atoms with van der Waals surface area (Å²) in [5.74, 6) is -0.610. The SMILES string of the molecule is C=C(C(=O)OC)C(O)c1cncs1. The summed E-state index contributed by atoms with van der Waals surface area (Å²) in [6, 6.07) is 0. The van der Waals surface area contributed by atoms with E-state index in [2.05, 4.69) is 16.3 Å². The summed E-state index contributed by atoms with van der Waals surface area (Å²) in [4.78, 5) is 15.3. The van der Waals surface area contributed by atoms with E-state index in [1.54, 1.807) is 5.51 Å². The molecule has 1 rings (SSSR count). The Balaban J connectivity index is 2.74. The molecule has 4 nitrogen and oxygen atoms in total. The number of hydrogen-bond donors (Lipinski definition) is 1. The Morgan fingerprint density at radius 2 is 2.54 bits per heavy atom. The lowest BCUT2D eigenvalue weighted by molar-refractivity contribution is -0.137. The van der Waals surface area contributed by atoms with Crippen molar-refractivity contribution in [3.05, 3.63) is 28.7 Å². The number of hydrogen-bond acceptors (Lipinski definition) is 5. The minimum atomic E-state index is -1.01. The maximum atomic E-state index is 11.0. The second-order valence-electron chi connectivity index (χ2n) is 2.32. The normalized spacial score (nSPS) is 12.2. The van der Waals surface area contributed by atoms with E-state index in [9.17, 15) is 9.90 Å². The third-order valence-corrected chi connectivity index (χ3v) is 2.33. The van der Waals surface area contributed by atoms with Crippen molar-refractivity contribution in [1.29, 1.82) is 0 Å². The molecule has 1 aromatic rings. The molecule has 13 heavy (non-hydrogen) atoms. The van der Waals surface area contributed by atoms with Crippen molar-refractivity contribution < 1.29 is 14.6 Å². The van der Waals surface area contributed by atoms with Gasteiger partial charge < -0.3 is 9.84 Å². The Morgan fingerprint density at radius 1 is 1.85 bits per heavy atom. The van der Waals surface area contributed by atoms with E-state index < -0.39 is 12.1 Å². The lowest BCUT2D eigenvalue weighted by Gasteiger charge is -2.08. The molecular formula is C8H9NO3S. The number of carbonyl (C=O) groups excluding carboxylic acids is 1. The quantitative estimate of drug-likeness (QED) is 0.580. The minimum absolute atomic E-state index is 0.0201. The standard InChI is InChI=1S/C8H9NO3S/c1-5(8(11)12-2)7(10)6-3-9-4-13-6/h3-4,7,10H,1H2,2H3. The summed E-state index contributed by atoms with van der Waals surface area (Å²) in [7, 11) is 1.24. The Hall–Kier alpha value is -1.20. The van der Waals surface area contributed by atoms with Crippen molar-refractivity contribution in [3.8, 4) is 0 Å². The van der Waals surface area contributed by atoms with E-state index in [1.807, 2.05) is 0 Å². The van der Waals surface area contributed by atoms with E-state index >= 15 is 0 Å². The number of thiazole rings is 1. The molecular weight excluding hydrogens is 190 g/mol. The molecule has 0 amide bonds. The summed E-state index contributed by atoms with van der Waals surface area (Å²) in [6.07, 6.45) is 0.476. The number of methoxy groups -OCH3 is 1. The van der Waals surface area contributed by atoms with Gasteiger partial charge in [-0.25, -0.2) is 4.79 Å². The first-order valence-electron chi connectivity index (χ1n) is 3.50. The molecule has 0 spiro atoms. The molecule has 70 valence electrons. The van der Waals surface area contributed by atoms with Crippen molar-refractivity contribution in [2.24, 2.45) is 0 Å². The topological polar surface area (TPSA) is 59.4 Å². The Morgan fingerprint density at radius 3 is 3.00 bits per heavy atom. The summed E-state index contributed by atoms with van der Waals surface area (Å²) < 4.78 is 4.42. The van der Waals surface area contributed by atoms with Gasteiger partial charge in [0, 0.05) is 6.20 Å². The third-order valence-electron chi connectivity index (χ3n) is 1.50. The van der Waals surface area contributed by atoms with Crippen LogP contribution < -0.4 is 0 Å². The highest BCUT2D eigenvalue weighted by Gasteiger charge is 2.19. The smallest absolute Gasteiger partial charge is 0.336 e. The van der Waals surface area contributed by atoms with E-state index in [0.29, 0.717) is 4.88 Å². The number of carbonyl (C=O) groups is 1. The molecule has 0 radical (unpaired) electrons.